The average Bonchev–Trinajstić information content (AvgIpc) is 2.52. The van der Waals surface area contributed by atoms with Gasteiger partial charge < -0.3 is 4.74 Å². The molecule has 0 aliphatic carbocycles. The summed E-state index contributed by atoms with van der Waals surface area (Å²) in [5, 5.41) is 0. The van der Waals surface area contributed by atoms with Crippen LogP contribution in [0.3, 0.4) is 0 Å². The third-order valence-corrected chi connectivity index (χ3v) is 3.32. The third kappa shape index (κ3) is 3.74. The van der Waals surface area contributed by atoms with E-state index in [1.165, 1.54) is 12.1 Å². The SMILES string of the molecule is O=C[C@](Cc1ccccc1)(OCc1ccccc1)C(F)(F)F. The minimum atomic E-state index is -4.79. The topological polar surface area (TPSA) is 26.3 Å². The highest BCUT2D eigenvalue weighted by Crippen LogP contribution is 2.36. The molecule has 2 rings (SSSR count). The Labute approximate surface area is 126 Å². The number of carbonyl (C=O) groups is 1. The number of benzene rings is 2. The van der Waals surface area contributed by atoms with Gasteiger partial charge in [0, 0.05) is 6.42 Å². The Balaban J connectivity index is 2.23. The van der Waals surface area contributed by atoms with Crippen LogP contribution in [0.5, 0.6) is 0 Å². The highest BCUT2D eigenvalue weighted by molar-refractivity contribution is 5.65. The fourth-order valence-electron chi connectivity index (χ4n) is 2.06. The monoisotopic (exact) mass is 308 g/mol. The van der Waals surface area contributed by atoms with Crippen LogP contribution in [0.4, 0.5) is 13.2 Å². The Morgan fingerprint density at radius 2 is 1.36 bits per heavy atom. The molecule has 22 heavy (non-hydrogen) atoms. The predicted octanol–water partition coefficient (Wildman–Crippen LogP) is 3.95. The summed E-state index contributed by atoms with van der Waals surface area (Å²) in [5.74, 6) is 0. The molecule has 1 atom stereocenters. The minimum Gasteiger partial charge on any atom is -0.354 e. The molecule has 0 N–H and O–H groups in total. The van der Waals surface area contributed by atoms with Crippen molar-refractivity contribution >= 4 is 6.29 Å². The zero-order valence-corrected chi connectivity index (χ0v) is 11.7. The van der Waals surface area contributed by atoms with Crippen molar-refractivity contribution < 1.29 is 22.7 Å². The number of rotatable bonds is 6. The van der Waals surface area contributed by atoms with E-state index in [-0.39, 0.29) is 12.9 Å². The molecule has 2 aromatic carbocycles. The van der Waals surface area contributed by atoms with Gasteiger partial charge in [-0.15, -0.1) is 0 Å². The van der Waals surface area contributed by atoms with E-state index in [4.69, 9.17) is 4.74 Å². The van der Waals surface area contributed by atoms with Crippen LogP contribution >= 0.6 is 0 Å². The first kappa shape index (κ1) is 16.2. The van der Waals surface area contributed by atoms with Crippen LogP contribution in [0.1, 0.15) is 11.1 Å². The summed E-state index contributed by atoms with van der Waals surface area (Å²) in [7, 11) is 0. The lowest BCUT2D eigenvalue weighted by Crippen LogP contribution is -2.51. The van der Waals surface area contributed by atoms with Crippen LogP contribution in [0.25, 0.3) is 0 Å². The molecule has 0 amide bonds. The second-order valence-corrected chi connectivity index (χ2v) is 4.94. The summed E-state index contributed by atoms with van der Waals surface area (Å²) in [6.07, 6.45) is -5.49. The van der Waals surface area contributed by atoms with Crippen molar-refractivity contribution in [2.45, 2.75) is 24.8 Å². The van der Waals surface area contributed by atoms with E-state index < -0.39 is 18.2 Å². The Hall–Kier alpha value is -2.14. The first-order chi connectivity index (χ1) is 10.5. The molecule has 2 nitrogen and oxygen atoms in total. The number of hydrogen-bond acceptors (Lipinski definition) is 2. The number of carbonyl (C=O) groups excluding carboxylic acids is 1. The minimum absolute atomic E-state index is 0.150. The molecule has 0 radical (unpaired) electrons. The van der Waals surface area contributed by atoms with Crippen molar-refractivity contribution in [3.63, 3.8) is 0 Å². The molecule has 0 bridgehead atoms. The van der Waals surface area contributed by atoms with E-state index in [1.807, 2.05) is 0 Å². The average molecular weight is 308 g/mol. The zero-order valence-electron chi connectivity index (χ0n) is 11.7. The molecule has 0 aliphatic rings. The van der Waals surface area contributed by atoms with Gasteiger partial charge in [-0.3, -0.25) is 4.79 Å². The Morgan fingerprint density at radius 1 is 0.864 bits per heavy atom. The van der Waals surface area contributed by atoms with Crippen LogP contribution in [0.15, 0.2) is 60.7 Å². The molecule has 0 aromatic heterocycles. The Morgan fingerprint density at radius 3 is 1.82 bits per heavy atom. The summed E-state index contributed by atoms with van der Waals surface area (Å²) < 4.78 is 45.3. The van der Waals surface area contributed by atoms with Gasteiger partial charge in [-0.2, -0.15) is 13.2 Å². The second kappa shape index (κ2) is 6.75. The largest absolute Gasteiger partial charge is 0.424 e. The molecule has 0 aliphatic heterocycles. The van der Waals surface area contributed by atoms with Gasteiger partial charge in [0.15, 0.2) is 6.29 Å². The van der Waals surface area contributed by atoms with Crippen LogP contribution in [0.2, 0.25) is 0 Å². The van der Waals surface area contributed by atoms with Crippen LogP contribution < -0.4 is 0 Å². The normalized spacial score (nSPS) is 14.3. The first-order valence-corrected chi connectivity index (χ1v) is 6.72. The first-order valence-electron chi connectivity index (χ1n) is 6.72. The Kier molecular flexibility index (Phi) is 4.98. The molecule has 0 unspecified atom stereocenters. The summed E-state index contributed by atoms with van der Waals surface area (Å²) >= 11 is 0. The molecule has 2 aromatic rings. The van der Waals surface area contributed by atoms with Gasteiger partial charge in [0.25, 0.3) is 0 Å². The fraction of sp³-hybridized carbons (Fsp3) is 0.235. The van der Waals surface area contributed by atoms with Gasteiger partial charge in [-0.05, 0) is 11.1 Å². The van der Waals surface area contributed by atoms with E-state index in [0.29, 0.717) is 11.1 Å². The molecular weight excluding hydrogens is 293 g/mol. The smallest absolute Gasteiger partial charge is 0.354 e. The van der Waals surface area contributed by atoms with E-state index in [9.17, 15) is 18.0 Å². The number of halogens is 3. The van der Waals surface area contributed by atoms with Crippen molar-refractivity contribution in [2.24, 2.45) is 0 Å². The molecule has 0 saturated carbocycles. The molecule has 0 fully saturated rings. The van der Waals surface area contributed by atoms with Gasteiger partial charge in [0.05, 0.1) is 6.61 Å². The van der Waals surface area contributed by atoms with Gasteiger partial charge in [-0.1, -0.05) is 60.7 Å². The van der Waals surface area contributed by atoms with E-state index in [1.54, 1.807) is 48.5 Å². The van der Waals surface area contributed by atoms with Gasteiger partial charge >= 0.3 is 6.18 Å². The van der Waals surface area contributed by atoms with Crippen molar-refractivity contribution in [3.8, 4) is 0 Å². The number of hydrogen-bond donors (Lipinski definition) is 0. The molecule has 0 heterocycles. The van der Waals surface area contributed by atoms with Crippen LogP contribution in [-0.2, 0) is 22.6 Å². The number of ether oxygens (including phenoxy) is 1. The molecule has 0 spiro atoms. The van der Waals surface area contributed by atoms with Crippen molar-refractivity contribution in [2.75, 3.05) is 0 Å². The standard InChI is InChI=1S/C17H15F3O2/c18-17(19,20)16(13-21,11-14-7-3-1-4-8-14)22-12-15-9-5-2-6-10-15/h1-10,13H,11-12H2/t16-/m0/s1. The maximum Gasteiger partial charge on any atom is 0.424 e. The van der Waals surface area contributed by atoms with E-state index in [2.05, 4.69) is 0 Å². The summed E-state index contributed by atoms with van der Waals surface area (Å²) in [5.41, 5.74) is -1.88. The molecular formula is C17H15F3O2. The van der Waals surface area contributed by atoms with Crippen molar-refractivity contribution in [1.82, 2.24) is 0 Å². The highest BCUT2D eigenvalue weighted by Gasteiger charge is 2.56. The van der Waals surface area contributed by atoms with E-state index in [0.717, 1.165) is 0 Å². The summed E-state index contributed by atoms with van der Waals surface area (Å²) in [6.45, 7) is -0.286. The quantitative estimate of drug-likeness (QED) is 0.755. The molecule has 0 saturated heterocycles. The van der Waals surface area contributed by atoms with Gasteiger partial charge in [0.1, 0.15) is 0 Å². The highest BCUT2D eigenvalue weighted by atomic mass is 19.4. The lowest BCUT2D eigenvalue weighted by molar-refractivity contribution is -0.263. The lowest BCUT2D eigenvalue weighted by Gasteiger charge is -2.30. The maximum atomic E-state index is 13.4. The molecule has 116 valence electrons. The van der Waals surface area contributed by atoms with Gasteiger partial charge in [0.2, 0.25) is 5.60 Å². The van der Waals surface area contributed by atoms with Gasteiger partial charge in [-0.25, -0.2) is 0 Å². The molecule has 5 heteroatoms. The second-order valence-electron chi connectivity index (χ2n) is 4.94. The van der Waals surface area contributed by atoms with Crippen molar-refractivity contribution in [1.29, 1.82) is 0 Å². The zero-order chi connectivity index (χ0) is 16.1. The Bertz CT molecular complexity index is 596. The lowest BCUT2D eigenvalue weighted by atomic mass is 9.95. The predicted molar refractivity (Wildman–Crippen MR) is 76.2 cm³/mol. The maximum absolute atomic E-state index is 13.4. The van der Waals surface area contributed by atoms with Crippen LogP contribution in [-0.4, -0.2) is 18.1 Å². The van der Waals surface area contributed by atoms with Crippen LogP contribution in [0, 0.1) is 0 Å². The third-order valence-electron chi connectivity index (χ3n) is 3.32. The van der Waals surface area contributed by atoms with E-state index >= 15 is 0 Å². The number of alkyl halides is 3. The summed E-state index contributed by atoms with van der Waals surface area (Å²) in [4.78, 5) is 11.3. The van der Waals surface area contributed by atoms with Crippen molar-refractivity contribution in [3.05, 3.63) is 71.8 Å². The summed E-state index contributed by atoms with van der Waals surface area (Å²) in [6, 6.07) is 16.5. The fourth-order valence-corrected chi connectivity index (χ4v) is 2.06. The number of aldehydes is 1.